The first-order valence-electron chi connectivity index (χ1n) is 9.70. The number of amides is 3. The highest BCUT2D eigenvalue weighted by Gasteiger charge is 2.23. The smallest absolute Gasteiger partial charge is 0.343 e. The second kappa shape index (κ2) is 10.8. The van der Waals surface area contributed by atoms with Crippen LogP contribution >= 0.6 is 11.6 Å². The number of urea groups is 1. The minimum Gasteiger partial charge on any atom is -0.452 e. The minimum absolute atomic E-state index is 0.0953. The molecule has 1 heterocycles. The standard InChI is InChI=1S/C21H27ClN4O4/c1-13(2)9-10-23-21(29)24-17(27)12-30-20(28)18-15(4)25-26(19(18)22)11-16-7-5-14(3)6-8-16/h5-8,13H,9-12H2,1-4H3,(H2,23,24,27,29). The van der Waals surface area contributed by atoms with Crippen molar-refractivity contribution in [2.24, 2.45) is 5.92 Å². The van der Waals surface area contributed by atoms with E-state index < -0.39 is 24.5 Å². The molecule has 30 heavy (non-hydrogen) atoms. The van der Waals surface area contributed by atoms with Crippen molar-refractivity contribution in [1.29, 1.82) is 0 Å². The molecule has 0 aliphatic carbocycles. The van der Waals surface area contributed by atoms with Gasteiger partial charge in [-0.2, -0.15) is 5.10 Å². The first kappa shape index (κ1) is 23.4. The highest BCUT2D eigenvalue weighted by atomic mass is 35.5. The van der Waals surface area contributed by atoms with E-state index in [0.29, 0.717) is 24.7 Å². The fourth-order valence-electron chi connectivity index (χ4n) is 2.64. The predicted octanol–water partition coefficient (Wildman–Crippen LogP) is 3.23. The Morgan fingerprint density at radius 3 is 2.47 bits per heavy atom. The van der Waals surface area contributed by atoms with E-state index in [4.69, 9.17) is 16.3 Å². The van der Waals surface area contributed by atoms with Gasteiger partial charge in [-0.3, -0.25) is 10.1 Å². The number of halogens is 1. The molecule has 0 unspecified atom stereocenters. The van der Waals surface area contributed by atoms with Crippen LogP contribution in [0.2, 0.25) is 5.15 Å². The number of hydrogen-bond acceptors (Lipinski definition) is 5. The quantitative estimate of drug-likeness (QED) is 0.621. The molecule has 0 saturated carbocycles. The maximum atomic E-state index is 12.4. The molecule has 0 spiro atoms. The van der Waals surface area contributed by atoms with Crippen molar-refractivity contribution in [2.75, 3.05) is 13.2 Å². The lowest BCUT2D eigenvalue weighted by Crippen LogP contribution is -2.42. The Balaban J connectivity index is 1.90. The summed E-state index contributed by atoms with van der Waals surface area (Å²) in [4.78, 5) is 35.9. The van der Waals surface area contributed by atoms with Crippen LogP contribution in [0, 0.1) is 19.8 Å². The van der Waals surface area contributed by atoms with Crippen LogP contribution in [0.5, 0.6) is 0 Å². The molecule has 0 saturated heterocycles. The molecule has 0 atom stereocenters. The molecule has 0 aliphatic heterocycles. The molecule has 1 aromatic carbocycles. The van der Waals surface area contributed by atoms with Gasteiger partial charge in [-0.25, -0.2) is 14.3 Å². The van der Waals surface area contributed by atoms with E-state index >= 15 is 0 Å². The summed E-state index contributed by atoms with van der Waals surface area (Å²) in [7, 11) is 0. The van der Waals surface area contributed by atoms with Gasteiger partial charge in [0, 0.05) is 6.54 Å². The van der Waals surface area contributed by atoms with Crippen molar-refractivity contribution >= 4 is 29.5 Å². The molecule has 0 aliphatic rings. The van der Waals surface area contributed by atoms with E-state index in [-0.39, 0.29) is 10.7 Å². The number of aryl methyl sites for hydroxylation is 2. The fraction of sp³-hybridized carbons (Fsp3) is 0.429. The number of nitrogens with one attached hydrogen (secondary N) is 2. The summed E-state index contributed by atoms with van der Waals surface area (Å²) in [6, 6.07) is 7.24. The summed E-state index contributed by atoms with van der Waals surface area (Å²) >= 11 is 6.32. The molecular formula is C21H27ClN4O4. The van der Waals surface area contributed by atoms with Crippen LogP contribution in [0.25, 0.3) is 0 Å². The van der Waals surface area contributed by atoms with Gasteiger partial charge in [0.25, 0.3) is 5.91 Å². The second-order valence-electron chi connectivity index (χ2n) is 7.46. The van der Waals surface area contributed by atoms with Crippen molar-refractivity contribution in [3.05, 3.63) is 51.8 Å². The van der Waals surface area contributed by atoms with Gasteiger partial charge in [0.1, 0.15) is 10.7 Å². The molecule has 0 fully saturated rings. The van der Waals surface area contributed by atoms with Crippen LogP contribution < -0.4 is 10.6 Å². The summed E-state index contributed by atoms with van der Waals surface area (Å²) in [6.45, 7) is 7.93. The molecule has 0 radical (unpaired) electrons. The third-order valence-corrected chi connectivity index (χ3v) is 4.70. The van der Waals surface area contributed by atoms with Crippen molar-refractivity contribution in [2.45, 2.75) is 40.7 Å². The monoisotopic (exact) mass is 434 g/mol. The van der Waals surface area contributed by atoms with Crippen LogP contribution in [0.1, 0.15) is 47.4 Å². The zero-order valence-corrected chi connectivity index (χ0v) is 18.4. The zero-order valence-electron chi connectivity index (χ0n) is 17.6. The van der Waals surface area contributed by atoms with E-state index in [2.05, 4.69) is 15.7 Å². The highest BCUT2D eigenvalue weighted by Crippen LogP contribution is 2.22. The van der Waals surface area contributed by atoms with Gasteiger partial charge in [-0.05, 0) is 31.7 Å². The van der Waals surface area contributed by atoms with E-state index in [0.717, 1.165) is 17.5 Å². The Morgan fingerprint density at radius 1 is 1.17 bits per heavy atom. The second-order valence-corrected chi connectivity index (χ2v) is 7.82. The number of rotatable bonds is 8. The zero-order chi connectivity index (χ0) is 22.3. The molecule has 2 rings (SSSR count). The Hall–Kier alpha value is -2.87. The third kappa shape index (κ3) is 6.88. The lowest BCUT2D eigenvalue weighted by molar-refractivity contribution is -0.123. The first-order chi connectivity index (χ1) is 14.2. The topological polar surface area (TPSA) is 102 Å². The first-order valence-corrected chi connectivity index (χ1v) is 10.1. The molecule has 8 nitrogen and oxygen atoms in total. The van der Waals surface area contributed by atoms with Gasteiger partial charge in [-0.1, -0.05) is 55.3 Å². The third-order valence-electron chi connectivity index (χ3n) is 4.32. The maximum Gasteiger partial charge on any atom is 0.343 e. The maximum absolute atomic E-state index is 12.4. The van der Waals surface area contributed by atoms with Gasteiger partial charge in [0.05, 0.1) is 12.2 Å². The van der Waals surface area contributed by atoms with Crippen molar-refractivity contribution in [1.82, 2.24) is 20.4 Å². The van der Waals surface area contributed by atoms with E-state index in [1.165, 1.54) is 4.68 Å². The average molecular weight is 435 g/mol. The molecule has 1 aromatic heterocycles. The summed E-state index contributed by atoms with van der Waals surface area (Å²) in [5, 5.41) is 9.10. The number of nitrogens with zero attached hydrogens (tertiary/aromatic N) is 2. The number of carbonyl (C=O) groups is 3. The number of aromatic nitrogens is 2. The lowest BCUT2D eigenvalue weighted by Gasteiger charge is -2.08. The summed E-state index contributed by atoms with van der Waals surface area (Å²) in [5.74, 6) is -1.07. The van der Waals surface area contributed by atoms with Crippen LogP contribution in [0.4, 0.5) is 4.79 Å². The Bertz CT molecular complexity index is 906. The Labute approximate surface area is 180 Å². The van der Waals surface area contributed by atoms with E-state index in [1.807, 2.05) is 45.0 Å². The fourth-order valence-corrected chi connectivity index (χ4v) is 2.95. The lowest BCUT2D eigenvalue weighted by atomic mass is 10.1. The summed E-state index contributed by atoms with van der Waals surface area (Å²) in [5.41, 5.74) is 2.60. The highest BCUT2D eigenvalue weighted by molar-refractivity contribution is 6.32. The molecule has 3 amide bonds. The SMILES string of the molecule is Cc1ccc(Cn2nc(C)c(C(=O)OCC(=O)NC(=O)NCCC(C)C)c2Cl)cc1. The predicted molar refractivity (Wildman–Crippen MR) is 114 cm³/mol. The number of esters is 1. The van der Waals surface area contributed by atoms with Crippen LogP contribution in [0.3, 0.4) is 0 Å². The molecule has 2 N–H and O–H groups in total. The van der Waals surface area contributed by atoms with Crippen LogP contribution in [-0.4, -0.2) is 40.8 Å². The van der Waals surface area contributed by atoms with E-state index in [9.17, 15) is 14.4 Å². The minimum atomic E-state index is -0.775. The number of hydrogen-bond donors (Lipinski definition) is 2. The molecular weight excluding hydrogens is 408 g/mol. The van der Waals surface area contributed by atoms with Crippen molar-refractivity contribution < 1.29 is 19.1 Å². The Morgan fingerprint density at radius 2 is 1.83 bits per heavy atom. The van der Waals surface area contributed by atoms with Crippen LogP contribution in [-0.2, 0) is 16.1 Å². The summed E-state index contributed by atoms with van der Waals surface area (Å²) < 4.78 is 6.51. The normalized spacial score (nSPS) is 10.7. The van der Waals surface area contributed by atoms with Crippen LogP contribution in [0.15, 0.2) is 24.3 Å². The number of imide groups is 1. The molecule has 2 aromatic rings. The van der Waals surface area contributed by atoms with Crippen molar-refractivity contribution in [3.8, 4) is 0 Å². The number of ether oxygens (including phenoxy) is 1. The molecule has 162 valence electrons. The number of benzene rings is 1. The molecule has 0 bridgehead atoms. The van der Waals surface area contributed by atoms with Crippen molar-refractivity contribution in [3.63, 3.8) is 0 Å². The van der Waals surface area contributed by atoms with Gasteiger partial charge in [-0.15, -0.1) is 0 Å². The van der Waals surface area contributed by atoms with Gasteiger partial charge < -0.3 is 10.1 Å². The Kier molecular flexibility index (Phi) is 8.41. The number of carbonyl (C=O) groups excluding carboxylic acids is 3. The van der Waals surface area contributed by atoms with Gasteiger partial charge >= 0.3 is 12.0 Å². The van der Waals surface area contributed by atoms with E-state index in [1.54, 1.807) is 6.92 Å². The molecule has 9 heteroatoms. The summed E-state index contributed by atoms with van der Waals surface area (Å²) in [6.07, 6.45) is 0.793. The van der Waals surface area contributed by atoms with Gasteiger partial charge in [0.15, 0.2) is 6.61 Å². The van der Waals surface area contributed by atoms with Gasteiger partial charge in [0.2, 0.25) is 0 Å². The average Bonchev–Trinajstić information content (AvgIpc) is 2.94. The largest absolute Gasteiger partial charge is 0.452 e.